The molecule has 0 saturated carbocycles. The summed E-state index contributed by atoms with van der Waals surface area (Å²) in [6, 6.07) is 8.37. The maximum atomic E-state index is 5.47. The summed E-state index contributed by atoms with van der Waals surface area (Å²) in [6.45, 7) is 11.7. The second-order valence-corrected chi connectivity index (χ2v) is 7.10. The van der Waals surface area contributed by atoms with Crippen LogP contribution in [0.2, 0.25) is 0 Å². The lowest BCUT2D eigenvalue weighted by Gasteiger charge is -2.38. The Balaban J connectivity index is 1.49. The number of ether oxygens (including phenoxy) is 1. The number of piperazine rings is 1. The quantitative estimate of drug-likeness (QED) is 0.898. The van der Waals surface area contributed by atoms with Gasteiger partial charge >= 0.3 is 0 Å². The minimum Gasteiger partial charge on any atom is -0.496 e. The van der Waals surface area contributed by atoms with Gasteiger partial charge in [0.25, 0.3) is 0 Å². The molecule has 2 heterocycles. The summed E-state index contributed by atoms with van der Waals surface area (Å²) in [5, 5.41) is 3.51. The van der Waals surface area contributed by atoms with Gasteiger partial charge in [-0.1, -0.05) is 25.1 Å². The molecule has 4 nitrogen and oxygen atoms in total. The van der Waals surface area contributed by atoms with E-state index in [-0.39, 0.29) is 0 Å². The molecule has 122 valence electrons. The highest BCUT2D eigenvalue weighted by atomic mass is 16.5. The Kier molecular flexibility index (Phi) is 5.01. The van der Waals surface area contributed by atoms with Crippen molar-refractivity contribution in [3.63, 3.8) is 0 Å². The van der Waals surface area contributed by atoms with E-state index in [4.69, 9.17) is 4.74 Å². The molecule has 4 heteroatoms. The standard InChI is InChI=1S/C18H29N3O/c1-18(7-8-19-14-18)15-21-11-9-20(10-12-21)13-16-5-3-4-6-17(16)22-2/h3-6,19H,7-15H2,1-2H3. The van der Waals surface area contributed by atoms with Crippen molar-refractivity contribution in [1.82, 2.24) is 15.1 Å². The zero-order chi connectivity index (χ0) is 15.4. The topological polar surface area (TPSA) is 27.7 Å². The first-order valence-corrected chi connectivity index (χ1v) is 8.46. The van der Waals surface area contributed by atoms with Gasteiger partial charge in [0.05, 0.1) is 7.11 Å². The number of nitrogens with one attached hydrogen (secondary N) is 1. The summed E-state index contributed by atoms with van der Waals surface area (Å²) in [6.07, 6.45) is 1.31. The monoisotopic (exact) mass is 303 g/mol. The lowest BCUT2D eigenvalue weighted by Crippen LogP contribution is -2.49. The van der Waals surface area contributed by atoms with Crippen LogP contribution in [0.1, 0.15) is 18.9 Å². The van der Waals surface area contributed by atoms with Gasteiger partial charge in [-0.05, 0) is 24.4 Å². The molecule has 2 aliphatic heterocycles. The van der Waals surface area contributed by atoms with Crippen LogP contribution >= 0.6 is 0 Å². The number of benzene rings is 1. The number of hydrogen-bond donors (Lipinski definition) is 1. The predicted molar refractivity (Wildman–Crippen MR) is 90.3 cm³/mol. The molecule has 1 atom stereocenters. The predicted octanol–water partition coefficient (Wildman–Crippen LogP) is 1.81. The van der Waals surface area contributed by atoms with E-state index in [0.717, 1.165) is 25.4 Å². The summed E-state index contributed by atoms with van der Waals surface area (Å²) in [4.78, 5) is 5.19. The van der Waals surface area contributed by atoms with Crippen molar-refractivity contribution in [3.8, 4) is 5.75 Å². The average molecular weight is 303 g/mol. The summed E-state index contributed by atoms with van der Waals surface area (Å²) >= 11 is 0. The number of hydrogen-bond acceptors (Lipinski definition) is 4. The fraction of sp³-hybridized carbons (Fsp3) is 0.667. The van der Waals surface area contributed by atoms with Gasteiger partial charge in [0.1, 0.15) is 5.75 Å². The van der Waals surface area contributed by atoms with Crippen LogP contribution in [0.25, 0.3) is 0 Å². The fourth-order valence-electron chi connectivity index (χ4n) is 3.72. The van der Waals surface area contributed by atoms with Gasteiger partial charge < -0.3 is 15.0 Å². The highest BCUT2D eigenvalue weighted by Crippen LogP contribution is 2.26. The van der Waals surface area contributed by atoms with Gasteiger partial charge in [-0.3, -0.25) is 4.90 Å². The largest absolute Gasteiger partial charge is 0.496 e. The molecule has 3 rings (SSSR count). The minimum absolute atomic E-state index is 0.477. The van der Waals surface area contributed by atoms with Crippen molar-refractivity contribution in [2.45, 2.75) is 19.9 Å². The Morgan fingerprint density at radius 2 is 1.86 bits per heavy atom. The van der Waals surface area contributed by atoms with Crippen molar-refractivity contribution in [2.75, 3.05) is 52.9 Å². The van der Waals surface area contributed by atoms with E-state index < -0.39 is 0 Å². The lowest BCUT2D eigenvalue weighted by molar-refractivity contribution is 0.0928. The Morgan fingerprint density at radius 3 is 2.55 bits per heavy atom. The van der Waals surface area contributed by atoms with Crippen LogP contribution in [0.5, 0.6) is 5.75 Å². The van der Waals surface area contributed by atoms with Crippen LogP contribution in [0.4, 0.5) is 0 Å². The van der Waals surface area contributed by atoms with E-state index in [0.29, 0.717) is 5.41 Å². The second kappa shape index (κ2) is 6.99. The molecule has 0 aromatic heterocycles. The summed E-state index contributed by atoms with van der Waals surface area (Å²) < 4.78 is 5.47. The molecule has 1 unspecified atom stereocenters. The van der Waals surface area contributed by atoms with Gasteiger partial charge in [-0.25, -0.2) is 0 Å². The van der Waals surface area contributed by atoms with Crippen molar-refractivity contribution < 1.29 is 4.74 Å². The Morgan fingerprint density at radius 1 is 1.14 bits per heavy atom. The highest BCUT2D eigenvalue weighted by molar-refractivity contribution is 5.33. The molecular weight excluding hydrogens is 274 g/mol. The molecule has 2 aliphatic rings. The fourth-order valence-corrected chi connectivity index (χ4v) is 3.72. The molecular formula is C18H29N3O. The number of rotatable bonds is 5. The van der Waals surface area contributed by atoms with E-state index in [9.17, 15) is 0 Å². The highest BCUT2D eigenvalue weighted by Gasteiger charge is 2.31. The molecule has 0 amide bonds. The molecule has 0 aliphatic carbocycles. The first-order chi connectivity index (χ1) is 10.7. The summed E-state index contributed by atoms with van der Waals surface area (Å²) in [7, 11) is 1.76. The second-order valence-electron chi connectivity index (χ2n) is 7.10. The van der Waals surface area contributed by atoms with Crippen molar-refractivity contribution >= 4 is 0 Å². The van der Waals surface area contributed by atoms with Gasteiger partial charge in [-0.2, -0.15) is 0 Å². The molecule has 1 N–H and O–H groups in total. The van der Waals surface area contributed by atoms with Crippen molar-refractivity contribution in [1.29, 1.82) is 0 Å². The molecule has 22 heavy (non-hydrogen) atoms. The van der Waals surface area contributed by atoms with Crippen LogP contribution in [0.15, 0.2) is 24.3 Å². The molecule has 1 aromatic carbocycles. The van der Waals surface area contributed by atoms with Crippen LogP contribution < -0.4 is 10.1 Å². The van der Waals surface area contributed by atoms with Gasteiger partial charge in [-0.15, -0.1) is 0 Å². The average Bonchev–Trinajstić information content (AvgIpc) is 2.96. The normalized spacial score (nSPS) is 27.2. The zero-order valence-electron chi connectivity index (χ0n) is 14.0. The van der Waals surface area contributed by atoms with Crippen molar-refractivity contribution in [2.24, 2.45) is 5.41 Å². The van der Waals surface area contributed by atoms with Crippen molar-refractivity contribution in [3.05, 3.63) is 29.8 Å². The smallest absolute Gasteiger partial charge is 0.123 e. The molecule has 1 aromatic rings. The molecule has 0 radical (unpaired) electrons. The first-order valence-electron chi connectivity index (χ1n) is 8.46. The number of nitrogens with zero attached hydrogens (tertiary/aromatic N) is 2. The van der Waals surface area contributed by atoms with Crippen LogP contribution in [0.3, 0.4) is 0 Å². The number of methoxy groups -OCH3 is 1. The van der Waals surface area contributed by atoms with Gasteiger partial charge in [0.2, 0.25) is 0 Å². The third-order valence-corrected chi connectivity index (χ3v) is 5.11. The third-order valence-electron chi connectivity index (χ3n) is 5.11. The van der Waals surface area contributed by atoms with Gasteiger partial charge in [0, 0.05) is 51.4 Å². The molecule has 2 fully saturated rings. The molecule has 2 saturated heterocycles. The van der Waals surface area contributed by atoms with Crippen LogP contribution in [-0.4, -0.2) is 62.7 Å². The Hall–Kier alpha value is -1.10. The lowest BCUT2D eigenvalue weighted by atomic mass is 9.89. The van der Waals surface area contributed by atoms with Gasteiger partial charge in [0.15, 0.2) is 0 Å². The maximum Gasteiger partial charge on any atom is 0.123 e. The molecule has 0 spiro atoms. The third kappa shape index (κ3) is 3.80. The maximum absolute atomic E-state index is 5.47. The van der Waals surface area contributed by atoms with E-state index in [2.05, 4.69) is 40.2 Å². The van der Waals surface area contributed by atoms with E-state index >= 15 is 0 Å². The van der Waals surface area contributed by atoms with Crippen LogP contribution in [0, 0.1) is 5.41 Å². The van der Waals surface area contributed by atoms with Crippen LogP contribution in [-0.2, 0) is 6.54 Å². The van der Waals surface area contributed by atoms with E-state index in [1.54, 1.807) is 7.11 Å². The molecule has 0 bridgehead atoms. The summed E-state index contributed by atoms with van der Waals surface area (Å²) in [5.74, 6) is 1.01. The summed E-state index contributed by atoms with van der Waals surface area (Å²) in [5.41, 5.74) is 1.77. The minimum atomic E-state index is 0.477. The SMILES string of the molecule is COc1ccccc1CN1CCN(CC2(C)CCNC2)CC1. The zero-order valence-corrected chi connectivity index (χ0v) is 14.0. The first kappa shape index (κ1) is 15.8. The van der Waals surface area contributed by atoms with E-state index in [1.165, 1.54) is 44.7 Å². The van der Waals surface area contributed by atoms with E-state index in [1.807, 2.05) is 6.07 Å². The Labute approximate surface area is 134 Å². The Bertz CT molecular complexity index is 477. The number of para-hydroxylation sites is 1.